The van der Waals surface area contributed by atoms with Gasteiger partial charge in [0.25, 0.3) is 51.1 Å². The quantitative estimate of drug-likeness (QED) is 0.0236. The molecule has 1 aliphatic rings. The molecule has 8 aromatic carbocycles. The topological polar surface area (TPSA) is 358 Å². The first-order chi connectivity index (χ1) is 53.9. The van der Waals surface area contributed by atoms with E-state index >= 15 is 0 Å². The fourth-order valence-corrected chi connectivity index (χ4v) is 13.1. The van der Waals surface area contributed by atoms with Crippen LogP contribution >= 0.6 is 0 Å². The Hall–Kier alpha value is -13.6. The third-order valence-corrected chi connectivity index (χ3v) is 19.1. The molecule has 27 nitrogen and oxygen atoms in total. The van der Waals surface area contributed by atoms with E-state index in [1.165, 1.54) is 48.3 Å². The molecule has 1 fully saturated rings. The van der Waals surface area contributed by atoms with Gasteiger partial charge in [0.05, 0.1) is 70.2 Å². The number of aromatic hydroxyl groups is 3. The zero-order valence-corrected chi connectivity index (χ0v) is 64.0. The Labute approximate surface area is 646 Å². The van der Waals surface area contributed by atoms with Crippen molar-refractivity contribution in [2.24, 2.45) is 0 Å². The van der Waals surface area contributed by atoms with Crippen LogP contribution in [0.25, 0.3) is 5.69 Å². The van der Waals surface area contributed by atoms with Crippen molar-refractivity contribution in [1.82, 2.24) is 44.0 Å². The van der Waals surface area contributed by atoms with Gasteiger partial charge in [0, 0.05) is 42.3 Å². The van der Waals surface area contributed by atoms with Gasteiger partial charge in [0.2, 0.25) is 0 Å². The van der Waals surface area contributed by atoms with E-state index in [9.17, 15) is 58.5 Å². The zero-order valence-electron chi connectivity index (χ0n) is 64.0. The Bertz CT molecular complexity index is 5470. The first-order valence-corrected chi connectivity index (χ1v) is 37.0. The van der Waals surface area contributed by atoms with E-state index < -0.39 is 39.6 Å². The molecule has 1 aliphatic carbocycles. The normalized spacial score (nSPS) is 12.6. The summed E-state index contributed by atoms with van der Waals surface area (Å²) in [5, 5.41) is 59.5. The van der Waals surface area contributed by atoms with Crippen LogP contribution in [0.2, 0.25) is 0 Å². The molecule has 0 bridgehead atoms. The van der Waals surface area contributed by atoms with Gasteiger partial charge < -0.3 is 61.9 Å². The molecule has 1 saturated carbocycles. The van der Waals surface area contributed by atoms with Crippen LogP contribution in [-0.2, 0) is 6.54 Å². The van der Waals surface area contributed by atoms with Crippen molar-refractivity contribution >= 4 is 68.9 Å². The molecule has 12 rings (SSSR count). The number of aromatic amines is 3. The number of carbonyl (C=O) groups excluding carboxylic acids is 3. The molecule has 12 N–H and O–H groups in total. The SMILES string of the molecule is CC[C@@H](Nc1c(Nc2cccc(C(=O)N(C)C)c2O)c(=O)n(-c2ccccc2)[nH]c1=O)c1ccccc1.CC[C@@H](Nc1c(Nc2cccc(C(=O)N(C)C)c2O)c(=O)n(C2CCCCC2)[nH]c1=O)c1ccccc1.CC[C@@H](Nc1c(Nc2cccc(C(=O)N(C)C)c2O)c(=O)n(Cc2ccccc2)[nH]c1=O)c1ccccc1. The smallest absolute Gasteiger partial charge is 0.295 e. The number of anilines is 9. The second-order valence-corrected chi connectivity index (χ2v) is 27.5. The summed E-state index contributed by atoms with van der Waals surface area (Å²) < 4.78 is 3.79. The van der Waals surface area contributed by atoms with E-state index in [2.05, 4.69) is 47.2 Å². The molecule has 0 aliphatic heterocycles. The number of phenolic OH excluding ortho intramolecular Hbond substituents is 3. The highest BCUT2D eigenvalue weighted by Gasteiger charge is 2.29. The summed E-state index contributed by atoms with van der Waals surface area (Å²) in [6.07, 6.45) is 6.66. The van der Waals surface area contributed by atoms with Crippen molar-refractivity contribution < 1.29 is 29.7 Å². The molecular weight excluding hydrogens is 1420 g/mol. The van der Waals surface area contributed by atoms with Crippen molar-refractivity contribution in [2.45, 2.75) is 103 Å². The second-order valence-electron chi connectivity index (χ2n) is 27.5. The number of amides is 3. The van der Waals surface area contributed by atoms with Crippen LogP contribution in [0.5, 0.6) is 17.2 Å². The first kappa shape index (κ1) is 80.9. The average molecular weight is 1520 g/mol. The molecule has 3 aromatic heterocycles. The van der Waals surface area contributed by atoms with Crippen molar-refractivity contribution in [3.8, 4) is 22.9 Å². The third kappa shape index (κ3) is 19.1. The van der Waals surface area contributed by atoms with Crippen LogP contribution < -0.4 is 65.3 Å². The second kappa shape index (κ2) is 37.5. The van der Waals surface area contributed by atoms with Crippen molar-refractivity contribution in [1.29, 1.82) is 0 Å². The van der Waals surface area contributed by atoms with Gasteiger partial charge in [-0.05, 0) is 103 Å². The Morgan fingerprint density at radius 1 is 0.393 bits per heavy atom. The van der Waals surface area contributed by atoms with Crippen LogP contribution in [0.4, 0.5) is 51.2 Å². The first-order valence-electron chi connectivity index (χ1n) is 37.0. The van der Waals surface area contributed by atoms with Gasteiger partial charge in [-0.3, -0.25) is 58.4 Å². The van der Waals surface area contributed by atoms with Crippen molar-refractivity contribution in [2.75, 3.05) is 74.2 Å². The van der Waals surface area contributed by atoms with E-state index in [1.807, 2.05) is 142 Å². The van der Waals surface area contributed by atoms with Gasteiger partial charge >= 0.3 is 0 Å². The minimum absolute atomic E-state index is 0.0247. The summed E-state index contributed by atoms with van der Waals surface area (Å²) in [6.45, 7) is 6.09. The molecular formula is C85H95N15O12. The summed E-state index contributed by atoms with van der Waals surface area (Å²) in [6, 6.07) is 60.0. The number of benzene rings is 8. The third-order valence-electron chi connectivity index (χ3n) is 19.1. The molecule has 27 heteroatoms. The molecule has 3 atom stereocenters. The maximum Gasteiger partial charge on any atom is 0.295 e. The van der Waals surface area contributed by atoms with Crippen LogP contribution in [0.15, 0.2) is 235 Å². The van der Waals surface area contributed by atoms with Gasteiger partial charge in [-0.25, -0.2) is 14.0 Å². The fourth-order valence-electron chi connectivity index (χ4n) is 13.1. The van der Waals surface area contributed by atoms with E-state index in [-0.39, 0.29) is 127 Å². The van der Waals surface area contributed by atoms with Gasteiger partial charge in [-0.2, -0.15) is 0 Å². The van der Waals surface area contributed by atoms with Crippen LogP contribution in [0, 0.1) is 0 Å². The predicted molar refractivity (Wildman–Crippen MR) is 440 cm³/mol. The monoisotopic (exact) mass is 1520 g/mol. The molecule has 0 unspecified atom stereocenters. The highest BCUT2D eigenvalue weighted by molar-refractivity contribution is 6.00. The van der Waals surface area contributed by atoms with E-state index in [4.69, 9.17) is 0 Å². The van der Waals surface area contributed by atoms with Gasteiger partial charge in [0.15, 0.2) is 17.2 Å². The molecule has 582 valence electrons. The number of hydrogen-bond acceptors (Lipinski definition) is 18. The summed E-state index contributed by atoms with van der Waals surface area (Å²) in [7, 11) is 9.51. The van der Waals surface area contributed by atoms with Gasteiger partial charge in [0.1, 0.15) is 34.1 Å². The number of nitrogens with zero attached hydrogens (tertiary/aromatic N) is 6. The van der Waals surface area contributed by atoms with Crippen LogP contribution in [0.3, 0.4) is 0 Å². The number of H-pyrrole nitrogens is 3. The minimum atomic E-state index is -0.542. The Balaban J connectivity index is 0.000000178. The molecule has 0 radical (unpaired) electrons. The lowest BCUT2D eigenvalue weighted by molar-refractivity contribution is 0.0817. The lowest BCUT2D eigenvalue weighted by atomic mass is 9.95. The van der Waals surface area contributed by atoms with E-state index in [0.29, 0.717) is 24.9 Å². The molecule has 0 spiro atoms. The number of phenols is 3. The number of hydrogen-bond donors (Lipinski definition) is 12. The minimum Gasteiger partial charge on any atom is -0.505 e. The Morgan fingerprint density at radius 3 is 1.09 bits per heavy atom. The number of aromatic nitrogens is 6. The fraction of sp³-hybridized carbons (Fsp3) is 0.259. The van der Waals surface area contributed by atoms with Gasteiger partial charge in [-0.1, -0.05) is 198 Å². The summed E-state index contributed by atoms with van der Waals surface area (Å²) in [5.74, 6) is -2.10. The van der Waals surface area contributed by atoms with Crippen molar-refractivity contribution in [3.63, 3.8) is 0 Å². The maximum atomic E-state index is 13.8. The lowest BCUT2D eigenvalue weighted by Gasteiger charge is -2.26. The largest absolute Gasteiger partial charge is 0.505 e. The number of rotatable bonds is 25. The number of nitrogens with one attached hydrogen (secondary N) is 9. The lowest BCUT2D eigenvalue weighted by Crippen LogP contribution is -2.37. The summed E-state index contributed by atoms with van der Waals surface area (Å²) >= 11 is 0. The van der Waals surface area contributed by atoms with Crippen LogP contribution in [0.1, 0.15) is 150 Å². The molecule has 3 heterocycles. The van der Waals surface area contributed by atoms with Crippen LogP contribution in [-0.4, -0.2) is 119 Å². The van der Waals surface area contributed by atoms with Gasteiger partial charge in [-0.15, -0.1) is 0 Å². The zero-order chi connectivity index (χ0) is 80.3. The molecule has 3 amide bonds. The number of para-hydroxylation sites is 4. The van der Waals surface area contributed by atoms with Crippen molar-refractivity contribution in [3.05, 3.63) is 307 Å². The highest BCUT2D eigenvalue weighted by atomic mass is 16.3. The summed E-state index contributed by atoms with van der Waals surface area (Å²) in [4.78, 5) is 123. The summed E-state index contributed by atoms with van der Waals surface area (Å²) in [5.41, 5.74) is 2.02. The molecule has 0 saturated heterocycles. The van der Waals surface area contributed by atoms with E-state index in [1.54, 1.807) is 103 Å². The van der Waals surface area contributed by atoms with E-state index in [0.717, 1.165) is 59.0 Å². The predicted octanol–water partition coefficient (Wildman–Crippen LogP) is 13.3. The standard InChI is InChI=1S/C29H31N5O4.C28H35N5O4.C28H29N5O4/c1-4-22(20-14-9-6-10-15-20)30-24-25(31-23-17-11-16-21(26(23)35)28(37)33(2)3)29(38)34(32-27(24)36)18-19-12-7-5-8-13-19;2*1-4-21(18-12-7-5-8-13-18)29-23-24(28(37)33(31-26(23)35)19-14-9-6-10-15-19)30-22-17-11-16-20(25(22)34)27(36)32(2)3/h5-17,22,30-31,35H,4,18H2,1-3H3,(H,32,36);5,7-8,11-13,16-17,19,21,29-30,34H,4,6,9-10,14-15H2,1-3H3,(H,31,35);5-17,21,29-30,34H,4H2,1-3H3,(H,31,35)/t22-;2*21-/m111/s1. The Kier molecular flexibility index (Phi) is 27.1. The molecule has 112 heavy (non-hydrogen) atoms. The maximum absolute atomic E-state index is 13.8. The average Bonchev–Trinajstić information content (AvgIpc) is 0.784. The highest BCUT2D eigenvalue weighted by Crippen LogP contribution is 2.37. The molecule has 11 aromatic rings. The Morgan fingerprint density at radius 2 is 0.723 bits per heavy atom. The number of carbonyl (C=O) groups is 3.